The zero-order chi connectivity index (χ0) is 18.4. The minimum atomic E-state index is -0.337. The first-order valence-corrected chi connectivity index (χ1v) is 9.37. The fourth-order valence-electron chi connectivity index (χ4n) is 2.09. The predicted octanol–water partition coefficient (Wildman–Crippen LogP) is 4.87. The second-order valence-electron chi connectivity index (χ2n) is 5.25. The monoisotopic (exact) mass is 427 g/mol. The molecule has 0 aliphatic carbocycles. The van der Waals surface area contributed by atoms with Gasteiger partial charge in [-0.2, -0.15) is 0 Å². The molecule has 1 atom stereocenters. The van der Waals surface area contributed by atoms with Gasteiger partial charge in [0.05, 0.1) is 19.5 Å². The lowest BCUT2D eigenvalue weighted by Gasteiger charge is -2.14. The molecule has 4 nitrogen and oxygen atoms in total. The topological polar surface area (TPSA) is 47.6 Å². The molecule has 2 aromatic carbocycles. The fourth-order valence-corrected chi connectivity index (χ4v) is 3.29. The molecule has 2 rings (SSSR count). The van der Waals surface area contributed by atoms with E-state index in [0.29, 0.717) is 33.0 Å². The molecule has 134 valence electrons. The Labute approximate surface area is 159 Å². The summed E-state index contributed by atoms with van der Waals surface area (Å²) in [6, 6.07) is 10.1. The van der Waals surface area contributed by atoms with E-state index in [1.54, 1.807) is 44.4 Å². The van der Waals surface area contributed by atoms with E-state index >= 15 is 0 Å². The van der Waals surface area contributed by atoms with Gasteiger partial charge in [0.2, 0.25) is 5.91 Å². The average Bonchev–Trinajstić information content (AvgIpc) is 2.60. The van der Waals surface area contributed by atoms with Crippen LogP contribution in [0.5, 0.6) is 11.5 Å². The van der Waals surface area contributed by atoms with Gasteiger partial charge in [0.15, 0.2) is 11.5 Å². The predicted molar refractivity (Wildman–Crippen MR) is 103 cm³/mol. The Morgan fingerprint density at radius 3 is 2.56 bits per heavy atom. The van der Waals surface area contributed by atoms with Crippen molar-refractivity contribution in [2.45, 2.75) is 17.9 Å². The van der Waals surface area contributed by atoms with E-state index in [9.17, 15) is 9.18 Å². The molecule has 7 heteroatoms. The Morgan fingerprint density at radius 2 is 1.92 bits per heavy atom. The highest BCUT2D eigenvalue weighted by atomic mass is 79.9. The molecular formula is C18H19BrFNO3S. The lowest BCUT2D eigenvalue weighted by molar-refractivity contribution is -0.115. The van der Waals surface area contributed by atoms with Gasteiger partial charge in [-0.05, 0) is 36.8 Å². The number of nitrogens with one attached hydrogen (secondary N) is 1. The van der Waals surface area contributed by atoms with Crippen molar-refractivity contribution in [2.24, 2.45) is 0 Å². The molecule has 0 bridgehead atoms. The summed E-state index contributed by atoms with van der Waals surface area (Å²) in [4.78, 5) is 12.3. The normalized spacial score (nSPS) is 11.7. The second-order valence-corrected chi connectivity index (χ2v) is 7.49. The molecule has 0 radical (unpaired) electrons. The molecule has 1 N–H and O–H groups in total. The number of halogens is 2. The van der Waals surface area contributed by atoms with Gasteiger partial charge in [-0.15, -0.1) is 11.8 Å². The number of rotatable bonds is 7. The van der Waals surface area contributed by atoms with Crippen LogP contribution in [0.3, 0.4) is 0 Å². The van der Waals surface area contributed by atoms with E-state index in [1.807, 2.05) is 0 Å². The smallest absolute Gasteiger partial charge is 0.237 e. The molecule has 1 amide bonds. The van der Waals surface area contributed by atoms with Crippen LogP contribution >= 0.6 is 27.7 Å². The molecule has 0 aliphatic heterocycles. The van der Waals surface area contributed by atoms with Crippen molar-refractivity contribution in [1.82, 2.24) is 0 Å². The molecule has 0 aliphatic rings. The Bertz CT molecular complexity index is 757. The molecule has 0 aromatic heterocycles. The number of ether oxygens (including phenoxy) is 2. The number of carbonyl (C=O) groups is 1. The average molecular weight is 428 g/mol. The SMILES string of the molecule is COc1ccc(NC(=O)C(C)SCc2ccc(Br)cc2F)cc1OC. The van der Waals surface area contributed by atoms with Gasteiger partial charge in [0, 0.05) is 22.0 Å². The minimum absolute atomic E-state index is 0.158. The molecule has 2 aromatic rings. The first kappa shape index (κ1) is 19.6. The van der Waals surface area contributed by atoms with E-state index < -0.39 is 0 Å². The summed E-state index contributed by atoms with van der Waals surface area (Å²) in [6.45, 7) is 1.79. The van der Waals surface area contributed by atoms with Crippen molar-refractivity contribution in [3.05, 3.63) is 52.3 Å². The molecule has 25 heavy (non-hydrogen) atoms. The highest BCUT2D eigenvalue weighted by molar-refractivity contribution is 9.10. The molecule has 0 saturated heterocycles. The van der Waals surface area contributed by atoms with Crippen LogP contribution < -0.4 is 14.8 Å². The number of hydrogen-bond donors (Lipinski definition) is 1. The standard InChI is InChI=1S/C18H19BrFNO3S/c1-11(25-10-12-4-5-13(19)8-15(12)20)18(22)21-14-6-7-16(23-2)17(9-14)24-3/h4-9,11H,10H2,1-3H3,(H,21,22). The number of amides is 1. The quantitative estimate of drug-likeness (QED) is 0.684. The van der Waals surface area contributed by atoms with Crippen molar-refractivity contribution in [1.29, 1.82) is 0 Å². The number of carbonyl (C=O) groups excluding carboxylic acids is 1. The molecular weight excluding hydrogens is 409 g/mol. The van der Waals surface area contributed by atoms with Crippen LogP contribution in [0.2, 0.25) is 0 Å². The third kappa shape index (κ3) is 5.37. The summed E-state index contributed by atoms with van der Waals surface area (Å²) in [5, 5.41) is 2.49. The van der Waals surface area contributed by atoms with Gasteiger partial charge in [0.25, 0.3) is 0 Å². The summed E-state index contributed by atoms with van der Waals surface area (Å²) < 4.78 is 24.9. The number of anilines is 1. The van der Waals surface area contributed by atoms with Crippen molar-refractivity contribution in [2.75, 3.05) is 19.5 Å². The number of hydrogen-bond acceptors (Lipinski definition) is 4. The molecule has 0 spiro atoms. The van der Waals surface area contributed by atoms with Gasteiger partial charge in [-0.1, -0.05) is 22.0 Å². The molecule has 1 unspecified atom stereocenters. The van der Waals surface area contributed by atoms with Gasteiger partial charge in [-0.3, -0.25) is 4.79 Å². The van der Waals surface area contributed by atoms with E-state index in [-0.39, 0.29) is 17.0 Å². The van der Waals surface area contributed by atoms with Gasteiger partial charge >= 0.3 is 0 Å². The third-order valence-corrected chi connectivity index (χ3v) is 5.21. The van der Waals surface area contributed by atoms with Crippen molar-refractivity contribution >= 4 is 39.3 Å². The summed E-state index contributed by atoms with van der Waals surface area (Å²) in [5.74, 6) is 1.11. The lowest BCUT2D eigenvalue weighted by atomic mass is 10.2. The Hall–Kier alpha value is -1.73. The maximum Gasteiger partial charge on any atom is 0.237 e. The van der Waals surface area contributed by atoms with Gasteiger partial charge in [-0.25, -0.2) is 4.39 Å². The Balaban J connectivity index is 1.96. The third-order valence-electron chi connectivity index (χ3n) is 3.52. The van der Waals surface area contributed by atoms with E-state index in [4.69, 9.17) is 9.47 Å². The van der Waals surface area contributed by atoms with E-state index in [1.165, 1.54) is 24.9 Å². The van der Waals surface area contributed by atoms with Crippen LogP contribution in [0, 0.1) is 5.82 Å². The minimum Gasteiger partial charge on any atom is -0.493 e. The summed E-state index contributed by atoms with van der Waals surface area (Å²) in [7, 11) is 3.09. The first-order chi connectivity index (χ1) is 11.9. The summed E-state index contributed by atoms with van der Waals surface area (Å²) in [5.41, 5.74) is 1.18. The fraction of sp³-hybridized carbons (Fsp3) is 0.278. The highest BCUT2D eigenvalue weighted by Crippen LogP contribution is 2.30. The van der Waals surface area contributed by atoms with Crippen LogP contribution in [0.25, 0.3) is 0 Å². The van der Waals surface area contributed by atoms with Crippen molar-refractivity contribution < 1.29 is 18.7 Å². The second kappa shape index (κ2) is 9.10. The zero-order valence-corrected chi connectivity index (χ0v) is 16.5. The highest BCUT2D eigenvalue weighted by Gasteiger charge is 2.16. The van der Waals surface area contributed by atoms with Gasteiger partial charge in [0.1, 0.15) is 5.82 Å². The van der Waals surface area contributed by atoms with Crippen molar-refractivity contribution in [3.63, 3.8) is 0 Å². The summed E-state index contributed by atoms with van der Waals surface area (Å²) >= 11 is 4.60. The van der Waals surface area contributed by atoms with Crippen LogP contribution in [0.1, 0.15) is 12.5 Å². The van der Waals surface area contributed by atoms with E-state index in [2.05, 4.69) is 21.2 Å². The Morgan fingerprint density at radius 1 is 1.20 bits per heavy atom. The van der Waals surface area contributed by atoms with Gasteiger partial charge < -0.3 is 14.8 Å². The first-order valence-electron chi connectivity index (χ1n) is 7.53. The largest absolute Gasteiger partial charge is 0.493 e. The number of methoxy groups -OCH3 is 2. The maximum atomic E-state index is 13.8. The van der Waals surface area contributed by atoms with Crippen LogP contribution in [-0.2, 0) is 10.5 Å². The molecule has 0 saturated carbocycles. The van der Waals surface area contributed by atoms with Crippen LogP contribution in [0.4, 0.5) is 10.1 Å². The number of benzene rings is 2. The van der Waals surface area contributed by atoms with Crippen LogP contribution in [-0.4, -0.2) is 25.4 Å². The Kier molecular flexibility index (Phi) is 7.13. The maximum absolute atomic E-state index is 13.8. The zero-order valence-electron chi connectivity index (χ0n) is 14.1. The molecule has 0 heterocycles. The number of thioether (sulfide) groups is 1. The van der Waals surface area contributed by atoms with Crippen LogP contribution in [0.15, 0.2) is 40.9 Å². The summed E-state index contributed by atoms with van der Waals surface area (Å²) in [6.07, 6.45) is 0. The lowest BCUT2D eigenvalue weighted by Crippen LogP contribution is -2.22. The molecule has 0 fully saturated rings. The van der Waals surface area contributed by atoms with E-state index in [0.717, 1.165) is 0 Å². The van der Waals surface area contributed by atoms with Crippen molar-refractivity contribution in [3.8, 4) is 11.5 Å².